The predicted molar refractivity (Wildman–Crippen MR) is 289 cm³/mol. The van der Waals surface area contributed by atoms with Gasteiger partial charge in [0, 0.05) is 59.4 Å². The molecule has 69 heavy (non-hydrogen) atoms. The first-order chi connectivity index (χ1) is 34.2. The van der Waals surface area contributed by atoms with Gasteiger partial charge in [-0.3, -0.25) is 0 Å². The van der Waals surface area contributed by atoms with Crippen molar-refractivity contribution in [2.24, 2.45) is 0 Å². The lowest BCUT2D eigenvalue weighted by molar-refractivity contribution is 1.07. The highest BCUT2D eigenvalue weighted by molar-refractivity contribution is 7.26. The van der Waals surface area contributed by atoms with Crippen LogP contribution in [0.5, 0.6) is 0 Å². The number of para-hydroxylation sites is 3. The Hall–Kier alpha value is -8.97. The highest BCUT2D eigenvalue weighted by atomic mass is 32.1. The van der Waals surface area contributed by atoms with Crippen LogP contribution in [0.1, 0.15) is 0 Å². The molecule has 0 saturated carbocycles. The lowest BCUT2D eigenvalue weighted by Gasteiger charge is -2.11. The molecule has 0 fully saturated rings. The predicted octanol–water partition coefficient (Wildman–Crippen LogP) is 16.8. The van der Waals surface area contributed by atoms with Gasteiger partial charge in [-0.1, -0.05) is 182 Å². The molecule has 0 bridgehead atoms. The second-order valence-corrected chi connectivity index (χ2v) is 18.6. The molecule has 14 aromatic rings. The van der Waals surface area contributed by atoms with Gasteiger partial charge in [-0.2, -0.15) is 0 Å². The van der Waals surface area contributed by atoms with E-state index in [2.05, 4.69) is 234 Å². The van der Waals surface area contributed by atoms with E-state index in [1.807, 2.05) is 23.5 Å². The molecule has 0 N–H and O–H groups in total. The standard InChI is InChI=1S/C63H39N5S/c1-4-15-40(16-5-1)42-27-31-44(32-28-42)61-64-62(45-33-29-43(30-34-45)41-17-6-2-7-18-41)66-63(65-61)46-35-38-55-52(39-46)50-36-37-51-58-56(68-53-23-12-10-21-48(53)49-22-11-13-24-54(49)68)25-14-26-57(58)69-60(51)59(50)67(55)47-19-8-3-9-20-47/h1-39H. The van der Waals surface area contributed by atoms with Crippen LogP contribution in [0.25, 0.3) is 132 Å². The van der Waals surface area contributed by atoms with E-state index >= 15 is 0 Å². The number of benzene rings is 10. The molecule has 0 aliphatic rings. The van der Waals surface area contributed by atoms with Crippen LogP contribution >= 0.6 is 11.3 Å². The van der Waals surface area contributed by atoms with E-state index in [1.54, 1.807) is 0 Å². The van der Waals surface area contributed by atoms with E-state index in [4.69, 9.17) is 15.0 Å². The van der Waals surface area contributed by atoms with Gasteiger partial charge in [-0.15, -0.1) is 11.3 Å². The number of rotatable bonds is 7. The second kappa shape index (κ2) is 15.8. The highest BCUT2D eigenvalue weighted by Crippen LogP contribution is 2.46. The molecule has 0 amide bonds. The Labute approximate surface area is 401 Å². The van der Waals surface area contributed by atoms with Crippen molar-refractivity contribution in [1.29, 1.82) is 0 Å². The van der Waals surface area contributed by atoms with Gasteiger partial charge in [-0.25, -0.2) is 15.0 Å². The average Bonchev–Trinajstić information content (AvgIpc) is 4.09. The summed E-state index contributed by atoms with van der Waals surface area (Å²) >= 11 is 1.87. The van der Waals surface area contributed by atoms with E-state index in [1.165, 1.54) is 69.7 Å². The summed E-state index contributed by atoms with van der Waals surface area (Å²) in [5.41, 5.74) is 14.4. The summed E-state index contributed by atoms with van der Waals surface area (Å²) < 4.78 is 7.40. The van der Waals surface area contributed by atoms with Gasteiger partial charge in [0.05, 0.1) is 32.5 Å². The Morgan fingerprint density at radius 1 is 0.304 bits per heavy atom. The second-order valence-electron chi connectivity index (χ2n) is 17.6. The third-order valence-corrected chi connectivity index (χ3v) is 14.8. The Morgan fingerprint density at radius 2 is 0.768 bits per heavy atom. The fraction of sp³-hybridized carbons (Fsp3) is 0. The van der Waals surface area contributed by atoms with Crippen molar-refractivity contribution in [3.8, 4) is 67.8 Å². The number of aromatic nitrogens is 5. The van der Waals surface area contributed by atoms with Crippen LogP contribution in [0.2, 0.25) is 0 Å². The Bertz CT molecular complexity index is 4110. The first-order valence-corrected chi connectivity index (χ1v) is 24.1. The molecule has 0 saturated heterocycles. The minimum Gasteiger partial charge on any atom is -0.309 e. The molecular formula is C63H39N5S. The Morgan fingerprint density at radius 3 is 1.36 bits per heavy atom. The van der Waals surface area contributed by atoms with Crippen molar-refractivity contribution in [2.75, 3.05) is 0 Å². The fourth-order valence-electron chi connectivity index (χ4n) is 10.4. The zero-order valence-corrected chi connectivity index (χ0v) is 38.0. The van der Waals surface area contributed by atoms with E-state index in [0.29, 0.717) is 17.5 Å². The van der Waals surface area contributed by atoms with Crippen LogP contribution in [0.15, 0.2) is 237 Å². The molecule has 322 valence electrons. The zero-order chi connectivity index (χ0) is 45.4. The minimum atomic E-state index is 0.621. The molecule has 0 aliphatic carbocycles. The third-order valence-electron chi connectivity index (χ3n) is 13.6. The van der Waals surface area contributed by atoms with Gasteiger partial charge in [0.2, 0.25) is 0 Å². The quantitative estimate of drug-likeness (QED) is 0.160. The van der Waals surface area contributed by atoms with Gasteiger partial charge in [0.1, 0.15) is 0 Å². The summed E-state index contributed by atoms with van der Waals surface area (Å²) in [6, 6.07) is 84.3. The van der Waals surface area contributed by atoms with Crippen LogP contribution in [0, 0.1) is 0 Å². The van der Waals surface area contributed by atoms with Gasteiger partial charge in [-0.05, 0) is 76.9 Å². The summed E-state index contributed by atoms with van der Waals surface area (Å²) in [6.45, 7) is 0. The van der Waals surface area contributed by atoms with Crippen LogP contribution in [0.3, 0.4) is 0 Å². The molecular weight excluding hydrogens is 859 g/mol. The lowest BCUT2D eigenvalue weighted by atomic mass is 10.0. The maximum absolute atomic E-state index is 5.25. The molecule has 0 unspecified atom stereocenters. The summed E-state index contributed by atoms with van der Waals surface area (Å²) in [7, 11) is 0. The molecule has 14 rings (SSSR count). The molecule has 0 radical (unpaired) electrons. The van der Waals surface area contributed by atoms with Crippen molar-refractivity contribution in [1.82, 2.24) is 24.1 Å². The molecule has 0 atom stereocenters. The number of hydrogen-bond donors (Lipinski definition) is 0. The van der Waals surface area contributed by atoms with Crippen molar-refractivity contribution < 1.29 is 0 Å². The van der Waals surface area contributed by atoms with Crippen LogP contribution in [0.4, 0.5) is 0 Å². The molecule has 4 heterocycles. The van der Waals surface area contributed by atoms with Crippen molar-refractivity contribution in [2.45, 2.75) is 0 Å². The van der Waals surface area contributed by atoms with Gasteiger partial charge in [0.15, 0.2) is 17.5 Å². The number of fused-ring (bicyclic) bond motifs is 10. The Balaban J connectivity index is 0.970. The fourth-order valence-corrected chi connectivity index (χ4v) is 11.6. The smallest absolute Gasteiger partial charge is 0.164 e. The van der Waals surface area contributed by atoms with E-state index < -0.39 is 0 Å². The van der Waals surface area contributed by atoms with Crippen molar-refractivity contribution in [3.05, 3.63) is 237 Å². The van der Waals surface area contributed by atoms with Crippen LogP contribution in [-0.2, 0) is 0 Å². The topological polar surface area (TPSA) is 48.5 Å². The number of thiophene rings is 1. The monoisotopic (exact) mass is 897 g/mol. The maximum Gasteiger partial charge on any atom is 0.164 e. The highest BCUT2D eigenvalue weighted by Gasteiger charge is 2.22. The summed E-state index contributed by atoms with van der Waals surface area (Å²) in [5.74, 6) is 1.87. The van der Waals surface area contributed by atoms with E-state index in [9.17, 15) is 0 Å². The average molecular weight is 898 g/mol. The number of hydrogen-bond acceptors (Lipinski definition) is 4. The zero-order valence-electron chi connectivity index (χ0n) is 37.2. The van der Waals surface area contributed by atoms with Crippen LogP contribution < -0.4 is 0 Å². The van der Waals surface area contributed by atoms with Gasteiger partial charge < -0.3 is 9.13 Å². The first kappa shape index (κ1) is 39.2. The Kier molecular flexibility index (Phi) is 9.00. The maximum atomic E-state index is 5.25. The summed E-state index contributed by atoms with van der Waals surface area (Å²) in [5, 5.41) is 7.32. The van der Waals surface area contributed by atoms with Gasteiger partial charge >= 0.3 is 0 Å². The van der Waals surface area contributed by atoms with E-state index in [-0.39, 0.29) is 0 Å². The normalized spacial score (nSPS) is 11.8. The molecule has 5 nitrogen and oxygen atoms in total. The molecule has 6 heteroatoms. The van der Waals surface area contributed by atoms with Crippen molar-refractivity contribution >= 4 is 75.1 Å². The van der Waals surface area contributed by atoms with Crippen LogP contribution in [-0.4, -0.2) is 24.1 Å². The first-order valence-electron chi connectivity index (χ1n) is 23.3. The van der Waals surface area contributed by atoms with Gasteiger partial charge in [0.25, 0.3) is 0 Å². The SMILES string of the molecule is c1ccc(-c2ccc(-c3nc(-c4ccc(-c5ccccc5)cc4)nc(-c4ccc5c(c4)c4ccc6c(sc7cccc(-n8c9ccccc9c9ccccc98)c76)c4n5-c4ccccc4)n3)cc2)cc1. The molecule has 0 spiro atoms. The molecule has 0 aliphatic heterocycles. The van der Waals surface area contributed by atoms with Crippen molar-refractivity contribution in [3.63, 3.8) is 0 Å². The largest absolute Gasteiger partial charge is 0.309 e. The lowest BCUT2D eigenvalue weighted by Crippen LogP contribution is -2.00. The molecule has 4 aromatic heterocycles. The number of nitrogens with zero attached hydrogens (tertiary/aromatic N) is 5. The van der Waals surface area contributed by atoms with E-state index in [0.717, 1.165) is 44.4 Å². The summed E-state index contributed by atoms with van der Waals surface area (Å²) in [4.78, 5) is 15.6. The minimum absolute atomic E-state index is 0.621. The third kappa shape index (κ3) is 6.41. The molecule has 10 aromatic carbocycles. The summed E-state index contributed by atoms with van der Waals surface area (Å²) in [6.07, 6.45) is 0.